The molecule has 158 valence electrons. The molecule has 30 heavy (non-hydrogen) atoms. The maximum Gasteiger partial charge on any atom is 0.270 e. The van der Waals surface area contributed by atoms with E-state index in [4.69, 9.17) is 0 Å². The summed E-state index contributed by atoms with van der Waals surface area (Å²) >= 11 is 0. The van der Waals surface area contributed by atoms with E-state index in [2.05, 4.69) is 10.6 Å². The number of piperidine rings is 1. The topological polar surface area (TPSA) is 105 Å². The van der Waals surface area contributed by atoms with Crippen LogP contribution in [0.2, 0.25) is 0 Å². The zero-order valence-electron chi connectivity index (χ0n) is 16.6. The van der Waals surface area contributed by atoms with Gasteiger partial charge in [-0.2, -0.15) is 0 Å². The molecule has 1 aliphatic rings. The second kappa shape index (κ2) is 9.34. The molecule has 0 aliphatic carbocycles. The minimum absolute atomic E-state index is 0.0609. The Morgan fingerprint density at radius 3 is 2.43 bits per heavy atom. The lowest BCUT2D eigenvalue weighted by Gasteiger charge is -2.34. The molecule has 0 aromatic heterocycles. The zero-order chi connectivity index (χ0) is 21.7. The van der Waals surface area contributed by atoms with Crippen molar-refractivity contribution in [1.82, 2.24) is 10.6 Å². The van der Waals surface area contributed by atoms with Gasteiger partial charge in [0.15, 0.2) is 0 Å². The van der Waals surface area contributed by atoms with Crippen molar-refractivity contribution in [2.45, 2.75) is 19.4 Å². The number of nitrogens with one attached hydrogen (secondary N) is 2. The van der Waals surface area contributed by atoms with Gasteiger partial charge in [0.05, 0.1) is 16.2 Å². The van der Waals surface area contributed by atoms with Crippen LogP contribution in [0.1, 0.15) is 28.8 Å². The number of carbonyl (C=O) groups is 2. The highest BCUT2D eigenvalue weighted by molar-refractivity contribution is 6.00. The summed E-state index contributed by atoms with van der Waals surface area (Å²) in [7, 11) is 1.47. The number of hydrogen-bond donors (Lipinski definition) is 2. The fourth-order valence-electron chi connectivity index (χ4n) is 3.55. The first-order valence-electron chi connectivity index (χ1n) is 9.66. The van der Waals surface area contributed by atoms with E-state index < -0.39 is 10.8 Å². The highest BCUT2D eigenvalue weighted by Gasteiger charge is 2.27. The van der Waals surface area contributed by atoms with Gasteiger partial charge >= 0.3 is 0 Å². The van der Waals surface area contributed by atoms with Crippen LogP contribution >= 0.6 is 0 Å². The summed E-state index contributed by atoms with van der Waals surface area (Å²) in [5.41, 5.74) is 1.53. The van der Waals surface area contributed by atoms with Gasteiger partial charge < -0.3 is 15.5 Å². The number of benzene rings is 2. The Kier molecular flexibility index (Phi) is 6.61. The van der Waals surface area contributed by atoms with Crippen molar-refractivity contribution in [2.24, 2.45) is 5.92 Å². The van der Waals surface area contributed by atoms with Gasteiger partial charge in [-0.15, -0.1) is 0 Å². The van der Waals surface area contributed by atoms with Crippen molar-refractivity contribution in [3.05, 3.63) is 69.5 Å². The third-order valence-corrected chi connectivity index (χ3v) is 5.25. The Morgan fingerprint density at radius 1 is 1.17 bits per heavy atom. The third kappa shape index (κ3) is 4.91. The Labute approximate surface area is 173 Å². The number of nitro groups is 1. The summed E-state index contributed by atoms with van der Waals surface area (Å²) in [6.07, 6.45) is 1.19. The van der Waals surface area contributed by atoms with E-state index in [1.165, 1.54) is 31.3 Å². The molecule has 2 aromatic carbocycles. The van der Waals surface area contributed by atoms with E-state index in [0.29, 0.717) is 38.2 Å². The number of amides is 2. The normalized spacial score (nSPS) is 14.3. The Balaban J connectivity index is 1.62. The summed E-state index contributed by atoms with van der Waals surface area (Å²) in [6, 6.07) is 10.2. The Morgan fingerprint density at radius 2 is 1.83 bits per heavy atom. The molecule has 0 radical (unpaired) electrons. The van der Waals surface area contributed by atoms with Crippen LogP contribution in [0.15, 0.2) is 42.5 Å². The van der Waals surface area contributed by atoms with Crippen molar-refractivity contribution >= 4 is 23.2 Å². The van der Waals surface area contributed by atoms with Gasteiger partial charge in [0.25, 0.3) is 11.6 Å². The first-order valence-corrected chi connectivity index (χ1v) is 9.66. The molecule has 1 heterocycles. The van der Waals surface area contributed by atoms with E-state index >= 15 is 0 Å². The highest BCUT2D eigenvalue weighted by atomic mass is 19.1. The second-order valence-corrected chi connectivity index (χ2v) is 7.14. The maximum absolute atomic E-state index is 13.0. The summed E-state index contributed by atoms with van der Waals surface area (Å²) in [5.74, 6) is -0.940. The molecule has 2 amide bonds. The van der Waals surface area contributed by atoms with Crippen LogP contribution < -0.4 is 15.5 Å². The minimum Gasteiger partial charge on any atom is -0.371 e. The van der Waals surface area contributed by atoms with Gasteiger partial charge in [0.2, 0.25) is 5.91 Å². The number of nitro benzene ring substituents is 1. The van der Waals surface area contributed by atoms with Crippen LogP contribution in [0.3, 0.4) is 0 Å². The third-order valence-electron chi connectivity index (χ3n) is 5.25. The van der Waals surface area contributed by atoms with Gasteiger partial charge in [-0.1, -0.05) is 12.1 Å². The van der Waals surface area contributed by atoms with Crippen molar-refractivity contribution in [2.75, 3.05) is 25.0 Å². The summed E-state index contributed by atoms with van der Waals surface area (Å²) in [4.78, 5) is 37.2. The molecule has 1 fully saturated rings. The van der Waals surface area contributed by atoms with Crippen molar-refractivity contribution in [3.63, 3.8) is 0 Å². The SMILES string of the molecule is CNC(=O)c1cc([N+](=O)[O-])ccc1N1CCC(C(=O)NCc2ccc(F)cc2)CC1. The lowest BCUT2D eigenvalue weighted by atomic mass is 9.94. The molecule has 0 bridgehead atoms. The number of halogens is 1. The van der Waals surface area contributed by atoms with E-state index in [-0.39, 0.29) is 28.9 Å². The Hall–Kier alpha value is -3.49. The summed E-state index contributed by atoms with van der Waals surface area (Å²) in [6.45, 7) is 1.44. The van der Waals surface area contributed by atoms with E-state index in [9.17, 15) is 24.1 Å². The van der Waals surface area contributed by atoms with E-state index in [1.54, 1.807) is 18.2 Å². The molecular formula is C21H23FN4O4. The van der Waals surface area contributed by atoms with Crippen molar-refractivity contribution in [3.8, 4) is 0 Å². The smallest absolute Gasteiger partial charge is 0.270 e. The minimum atomic E-state index is -0.534. The van der Waals surface area contributed by atoms with Crippen LogP contribution in [0.25, 0.3) is 0 Å². The van der Waals surface area contributed by atoms with Gasteiger partial charge in [-0.25, -0.2) is 4.39 Å². The highest BCUT2D eigenvalue weighted by Crippen LogP contribution is 2.29. The van der Waals surface area contributed by atoms with Crippen LogP contribution in [0, 0.1) is 21.8 Å². The molecule has 2 aromatic rings. The first-order chi connectivity index (χ1) is 14.4. The van der Waals surface area contributed by atoms with E-state index in [0.717, 1.165) is 5.56 Å². The predicted octanol–water partition coefficient (Wildman–Crippen LogP) is 2.63. The van der Waals surface area contributed by atoms with Crippen LogP contribution in [0.4, 0.5) is 15.8 Å². The van der Waals surface area contributed by atoms with Crippen LogP contribution in [-0.4, -0.2) is 36.9 Å². The number of nitrogens with zero attached hydrogens (tertiary/aromatic N) is 2. The zero-order valence-corrected chi connectivity index (χ0v) is 16.6. The average Bonchev–Trinajstić information content (AvgIpc) is 2.77. The quantitative estimate of drug-likeness (QED) is 0.559. The van der Waals surface area contributed by atoms with Gasteiger partial charge in [-0.05, 0) is 36.6 Å². The number of carbonyl (C=O) groups excluding carboxylic acids is 2. The van der Waals surface area contributed by atoms with Crippen molar-refractivity contribution in [1.29, 1.82) is 0 Å². The fraction of sp³-hybridized carbons (Fsp3) is 0.333. The molecule has 0 saturated carbocycles. The van der Waals surface area contributed by atoms with E-state index in [1.807, 2.05) is 4.90 Å². The lowest BCUT2D eigenvalue weighted by molar-refractivity contribution is -0.384. The standard InChI is InChI=1S/C21H23FN4O4/c1-23-21(28)18-12-17(26(29)30)6-7-19(18)25-10-8-15(9-11-25)20(27)24-13-14-2-4-16(22)5-3-14/h2-7,12,15H,8-11,13H2,1H3,(H,23,28)(H,24,27). The molecule has 0 atom stereocenters. The lowest BCUT2D eigenvalue weighted by Crippen LogP contribution is -2.41. The average molecular weight is 414 g/mol. The van der Waals surface area contributed by atoms with Crippen LogP contribution in [-0.2, 0) is 11.3 Å². The van der Waals surface area contributed by atoms with Gasteiger partial charge in [0.1, 0.15) is 5.82 Å². The molecule has 1 saturated heterocycles. The molecule has 8 nitrogen and oxygen atoms in total. The maximum atomic E-state index is 13.0. The van der Waals surface area contributed by atoms with Gasteiger partial charge in [0, 0.05) is 44.7 Å². The fourth-order valence-corrected chi connectivity index (χ4v) is 3.55. The molecule has 3 rings (SSSR count). The second-order valence-electron chi connectivity index (χ2n) is 7.14. The first kappa shape index (κ1) is 21.2. The molecule has 0 unspecified atom stereocenters. The molecular weight excluding hydrogens is 391 g/mol. The van der Waals surface area contributed by atoms with Crippen LogP contribution in [0.5, 0.6) is 0 Å². The number of rotatable bonds is 6. The predicted molar refractivity (Wildman–Crippen MR) is 110 cm³/mol. The molecule has 1 aliphatic heterocycles. The number of non-ortho nitro benzene ring substituents is 1. The van der Waals surface area contributed by atoms with Crippen molar-refractivity contribution < 1.29 is 18.9 Å². The monoisotopic (exact) mass is 414 g/mol. The van der Waals surface area contributed by atoms with Gasteiger partial charge in [-0.3, -0.25) is 19.7 Å². The summed E-state index contributed by atoms with van der Waals surface area (Å²) < 4.78 is 13.0. The number of hydrogen-bond acceptors (Lipinski definition) is 5. The number of anilines is 1. The molecule has 2 N–H and O–H groups in total. The molecule has 0 spiro atoms. The summed E-state index contributed by atoms with van der Waals surface area (Å²) in [5, 5.41) is 16.4. The Bertz CT molecular complexity index is 941. The largest absolute Gasteiger partial charge is 0.371 e. The molecule has 9 heteroatoms.